The van der Waals surface area contributed by atoms with Crippen molar-refractivity contribution in [1.82, 2.24) is 0 Å². The van der Waals surface area contributed by atoms with E-state index in [9.17, 15) is 4.79 Å². The van der Waals surface area contributed by atoms with Crippen molar-refractivity contribution in [2.45, 2.75) is 18.8 Å². The second-order valence-electron chi connectivity index (χ2n) is 3.64. The average molecular weight is 206 g/mol. The predicted molar refractivity (Wildman–Crippen MR) is 60.9 cm³/mol. The maximum absolute atomic E-state index is 10.3. The standard InChI is InChI=1S/C12H14OS/c13-7-3-5-10-4-1-2-6-12(10)11-8-14-9-11/h1-2,4,6-7,11H,3,5,8-9H2. The number of aryl methyl sites for hydroxylation is 1. The van der Waals surface area contributed by atoms with Gasteiger partial charge in [-0.1, -0.05) is 24.3 Å². The Labute approximate surface area is 88.9 Å². The Morgan fingerprint density at radius 1 is 1.36 bits per heavy atom. The lowest BCUT2D eigenvalue weighted by Crippen LogP contribution is -2.17. The Balaban J connectivity index is 2.14. The highest BCUT2D eigenvalue weighted by atomic mass is 32.2. The molecule has 0 saturated carbocycles. The normalized spacial score (nSPS) is 16.3. The zero-order valence-corrected chi connectivity index (χ0v) is 8.93. The summed E-state index contributed by atoms with van der Waals surface area (Å²) in [4.78, 5) is 10.3. The SMILES string of the molecule is O=CCCc1ccccc1C1CSC1. The van der Waals surface area contributed by atoms with Gasteiger partial charge in [0.2, 0.25) is 0 Å². The Morgan fingerprint density at radius 3 is 2.79 bits per heavy atom. The van der Waals surface area contributed by atoms with E-state index in [4.69, 9.17) is 0 Å². The van der Waals surface area contributed by atoms with Crippen molar-refractivity contribution in [2.24, 2.45) is 0 Å². The van der Waals surface area contributed by atoms with Gasteiger partial charge in [-0.25, -0.2) is 0 Å². The molecular weight excluding hydrogens is 192 g/mol. The highest BCUT2D eigenvalue weighted by molar-refractivity contribution is 8.00. The van der Waals surface area contributed by atoms with Crippen molar-refractivity contribution in [3.63, 3.8) is 0 Å². The fourth-order valence-electron chi connectivity index (χ4n) is 1.79. The van der Waals surface area contributed by atoms with Crippen LogP contribution in [-0.4, -0.2) is 17.8 Å². The molecular formula is C12H14OS. The summed E-state index contributed by atoms with van der Waals surface area (Å²) in [6, 6.07) is 8.53. The minimum atomic E-state index is 0.650. The molecule has 2 heteroatoms. The molecule has 0 aliphatic carbocycles. The number of hydrogen-bond donors (Lipinski definition) is 0. The van der Waals surface area contributed by atoms with Gasteiger partial charge in [-0.05, 0) is 17.5 Å². The maximum atomic E-state index is 10.3. The number of carbonyl (C=O) groups excluding carboxylic acids is 1. The van der Waals surface area contributed by atoms with E-state index in [1.807, 2.05) is 11.8 Å². The number of carbonyl (C=O) groups is 1. The summed E-state index contributed by atoms with van der Waals surface area (Å²) < 4.78 is 0. The third kappa shape index (κ3) is 2.01. The van der Waals surface area contributed by atoms with Crippen LogP contribution in [0.5, 0.6) is 0 Å². The Kier molecular flexibility index (Phi) is 3.25. The van der Waals surface area contributed by atoms with Crippen molar-refractivity contribution in [3.05, 3.63) is 35.4 Å². The van der Waals surface area contributed by atoms with Crippen molar-refractivity contribution in [2.75, 3.05) is 11.5 Å². The Bertz CT molecular complexity index is 318. The summed E-state index contributed by atoms with van der Waals surface area (Å²) in [6.45, 7) is 0. The first kappa shape index (κ1) is 9.78. The second kappa shape index (κ2) is 4.65. The highest BCUT2D eigenvalue weighted by Crippen LogP contribution is 2.35. The molecule has 0 spiro atoms. The van der Waals surface area contributed by atoms with E-state index in [0.29, 0.717) is 6.42 Å². The molecule has 1 aliphatic heterocycles. The van der Waals surface area contributed by atoms with E-state index in [1.54, 1.807) is 0 Å². The van der Waals surface area contributed by atoms with Gasteiger partial charge in [0.15, 0.2) is 0 Å². The van der Waals surface area contributed by atoms with Crippen molar-refractivity contribution in [3.8, 4) is 0 Å². The van der Waals surface area contributed by atoms with Gasteiger partial charge in [0.05, 0.1) is 0 Å². The predicted octanol–water partition coefficient (Wildman–Crippen LogP) is 2.65. The molecule has 1 aliphatic rings. The molecule has 1 heterocycles. The Hall–Kier alpha value is -0.760. The average Bonchev–Trinajstić information content (AvgIpc) is 2.14. The number of hydrogen-bond acceptors (Lipinski definition) is 2. The van der Waals surface area contributed by atoms with E-state index in [0.717, 1.165) is 18.6 Å². The zero-order chi connectivity index (χ0) is 9.80. The van der Waals surface area contributed by atoms with Gasteiger partial charge in [-0.2, -0.15) is 11.8 Å². The first-order valence-corrected chi connectivity index (χ1v) is 6.16. The van der Waals surface area contributed by atoms with E-state index >= 15 is 0 Å². The van der Waals surface area contributed by atoms with E-state index in [-0.39, 0.29) is 0 Å². The number of rotatable bonds is 4. The van der Waals surface area contributed by atoms with Gasteiger partial charge in [0, 0.05) is 23.8 Å². The smallest absolute Gasteiger partial charge is 0.120 e. The first-order valence-electron chi connectivity index (χ1n) is 5.01. The lowest BCUT2D eigenvalue weighted by molar-refractivity contribution is -0.107. The molecule has 0 unspecified atom stereocenters. The summed E-state index contributed by atoms with van der Waals surface area (Å²) >= 11 is 2.00. The quantitative estimate of drug-likeness (QED) is 0.704. The van der Waals surface area contributed by atoms with Crippen LogP contribution in [0.15, 0.2) is 24.3 Å². The minimum Gasteiger partial charge on any atom is -0.303 e. The molecule has 1 nitrogen and oxygen atoms in total. The molecule has 0 amide bonds. The largest absolute Gasteiger partial charge is 0.303 e. The zero-order valence-electron chi connectivity index (χ0n) is 8.11. The molecule has 74 valence electrons. The lowest BCUT2D eigenvalue weighted by atomic mass is 9.94. The van der Waals surface area contributed by atoms with Crippen LogP contribution in [0.1, 0.15) is 23.5 Å². The van der Waals surface area contributed by atoms with Crippen LogP contribution in [0.2, 0.25) is 0 Å². The van der Waals surface area contributed by atoms with Crippen LogP contribution < -0.4 is 0 Å². The molecule has 0 N–H and O–H groups in total. The molecule has 0 atom stereocenters. The van der Waals surface area contributed by atoms with Gasteiger partial charge in [0.1, 0.15) is 6.29 Å². The monoisotopic (exact) mass is 206 g/mol. The summed E-state index contributed by atoms with van der Waals surface area (Å²) in [6.07, 6.45) is 2.56. The molecule has 1 saturated heterocycles. The van der Waals surface area contributed by atoms with Crippen LogP contribution >= 0.6 is 11.8 Å². The van der Waals surface area contributed by atoms with Crippen molar-refractivity contribution >= 4 is 18.0 Å². The second-order valence-corrected chi connectivity index (χ2v) is 4.71. The molecule has 0 bridgehead atoms. The van der Waals surface area contributed by atoms with Crippen molar-refractivity contribution in [1.29, 1.82) is 0 Å². The number of aldehydes is 1. The third-order valence-electron chi connectivity index (χ3n) is 2.66. The number of thioether (sulfide) groups is 1. The van der Waals surface area contributed by atoms with E-state index in [1.165, 1.54) is 22.6 Å². The summed E-state index contributed by atoms with van der Waals surface area (Å²) in [5.41, 5.74) is 2.83. The van der Waals surface area contributed by atoms with Crippen LogP contribution in [0.25, 0.3) is 0 Å². The van der Waals surface area contributed by atoms with Gasteiger partial charge in [0.25, 0.3) is 0 Å². The lowest BCUT2D eigenvalue weighted by Gasteiger charge is -2.27. The third-order valence-corrected chi connectivity index (χ3v) is 3.94. The van der Waals surface area contributed by atoms with Gasteiger partial charge in [-0.3, -0.25) is 0 Å². The summed E-state index contributed by atoms with van der Waals surface area (Å²) in [7, 11) is 0. The fourth-order valence-corrected chi connectivity index (χ4v) is 2.62. The van der Waals surface area contributed by atoms with Gasteiger partial charge < -0.3 is 4.79 Å². The molecule has 1 fully saturated rings. The molecule has 14 heavy (non-hydrogen) atoms. The fraction of sp³-hybridized carbons (Fsp3) is 0.417. The Morgan fingerprint density at radius 2 is 2.14 bits per heavy atom. The van der Waals surface area contributed by atoms with Gasteiger partial charge >= 0.3 is 0 Å². The summed E-state index contributed by atoms with van der Waals surface area (Å²) in [5.74, 6) is 3.23. The van der Waals surface area contributed by atoms with E-state index < -0.39 is 0 Å². The van der Waals surface area contributed by atoms with Crippen LogP contribution in [0.4, 0.5) is 0 Å². The number of benzene rings is 1. The molecule has 1 aromatic carbocycles. The topological polar surface area (TPSA) is 17.1 Å². The first-order chi connectivity index (χ1) is 6.92. The van der Waals surface area contributed by atoms with E-state index in [2.05, 4.69) is 24.3 Å². The minimum absolute atomic E-state index is 0.650. The molecule has 1 aromatic rings. The van der Waals surface area contributed by atoms with Gasteiger partial charge in [-0.15, -0.1) is 0 Å². The van der Waals surface area contributed by atoms with Crippen LogP contribution in [0, 0.1) is 0 Å². The maximum Gasteiger partial charge on any atom is 0.120 e. The highest BCUT2D eigenvalue weighted by Gasteiger charge is 2.21. The van der Waals surface area contributed by atoms with Crippen LogP contribution in [-0.2, 0) is 11.2 Å². The van der Waals surface area contributed by atoms with Crippen molar-refractivity contribution < 1.29 is 4.79 Å². The molecule has 0 aromatic heterocycles. The molecule has 0 radical (unpaired) electrons. The molecule has 2 rings (SSSR count). The van der Waals surface area contributed by atoms with Crippen LogP contribution in [0.3, 0.4) is 0 Å². The summed E-state index contributed by atoms with van der Waals surface area (Å²) in [5, 5.41) is 0.